The van der Waals surface area contributed by atoms with E-state index in [-0.39, 0.29) is 0 Å². The topological polar surface area (TPSA) is 12.0 Å². The molecule has 1 N–H and O–H groups in total. The molecule has 2 rings (SSSR count). The number of hydrogen-bond donors (Lipinski definition) is 1. The van der Waals surface area contributed by atoms with Crippen LogP contribution in [0.5, 0.6) is 0 Å². The van der Waals surface area contributed by atoms with Crippen molar-refractivity contribution in [2.24, 2.45) is 11.8 Å². The zero-order valence-electron chi connectivity index (χ0n) is 10.2. The molecule has 1 fully saturated rings. The predicted molar refractivity (Wildman–Crippen MR) is 78.8 cm³/mol. The average molecular weight is 317 g/mol. The van der Waals surface area contributed by atoms with Crippen LogP contribution in [0, 0.1) is 11.8 Å². The monoisotopic (exact) mass is 315 g/mol. The second kappa shape index (κ2) is 6.10. The van der Waals surface area contributed by atoms with Gasteiger partial charge in [-0.25, -0.2) is 0 Å². The van der Waals surface area contributed by atoms with Gasteiger partial charge >= 0.3 is 0 Å². The first-order chi connectivity index (χ1) is 8.15. The molecule has 1 aromatic carbocycles. The molecule has 0 spiro atoms. The van der Waals surface area contributed by atoms with E-state index in [0.717, 1.165) is 33.6 Å². The number of hydrogen-bond acceptors (Lipinski definition) is 1. The molecule has 0 unspecified atom stereocenters. The first kappa shape index (κ1) is 13.2. The van der Waals surface area contributed by atoms with Crippen molar-refractivity contribution in [3.05, 3.63) is 27.7 Å². The van der Waals surface area contributed by atoms with Crippen molar-refractivity contribution >= 4 is 33.2 Å². The predicted octanol–water partition coefficient (Wildman–Crippen LogP) is 5.34. The van der Waals surface area contributed by atoms with Crippen LogP contribution in [0.4, 0.5) is 5.69 Å². The summed E-state index contributed by atoms with van der Waals surface area (Å²) in [5.74, 6) is 1.73. The van der Waals surface area contributed by atoms with Crippen LogP contribution >= 0.6 is 27.5 Å². The molecule has 0 heterocycles. The van der Waals surface area contributed by atoms with E-state index in [1.807, 2.05) is 18.2 Å². The number of halogens is 2. The molecule has 1 aliphatic rings. The summed E-state index contributed by atoms with van der Waals surface area (Å²) in [6.07, 6.45) is 5.45. The van der Waals surface area contributed by atoms with Crippen LogP contribution in [0.2, 0.25) is 5.02 Å². The number of anilines is 1. The Morgan fingerprint density at radius 1 is 1.29 bits per heavy atom. The number of nitrogens with one attached hydrogen (secondary N) is 1. The van der Waals surface area contributed by atoms with Gasteiger partial charge < -0.3 is 5.32 Å². The summed E-state index contributed by atoms with van der Waals surface area (Å²) in [6.45, 7) is 3.41. The smallest absolute Gasteiger partial charge is 0.0648 e. The largest absolute Gasteiger partial charge is 0.384 e. The Morgan fingerprint density at radius 2 is 2.00 bits per heavy atom. The van der Waals surface area contributed by atoms with Gasteiger partial charge in [0, 0.05) is 11.0 Å². The summed E-state index contributed by atoms with van der Waals surface area (Å²) in [4.78, 5) is 0. The summed E-state index contributed by atoms with van der Waals surface area (Å²) in [5, 5.41) is 4.27. The van der Waals surface area contributed by atoms with Crippen molar-refractivity contribution in [3.8, 4) is 0 Å². The molecular weight excluding hydrogens is 298 g/mol. The van der Waals surface area contributed by atoms with E-state index >= 15 is 0 Å². The minimum absolute atomic E-state index is 0.795. The molecule has 17 heavy (non-hydrogen) atoms. The third-order valence-electron chi connectivity index (χ3n) is 3.65. The summed E-state index contributed by atoms with van der Waals surface area (Å²) in [6, 6.07) is 6.00. The molecule has 94 valence electrons. The van der Waals surface area contributed by atoms with E-state index in [0.29, 0.717) is 0 Å². The standard InChI is InChI=1S/C14H19BrClN/c1-10-2-4-11(5-3-10)9-17-14-7-6-12(15)8-13(14)16/h6-8,10-11,17H,2-5,9H2,1H3. The third-order valence-corrected chi connectivity index (χ3v) is 4.45. The minimum Gasteiger partial charge on any atom is -0.384 e. The lowest BCUT2D eigenvalue weighted by Crippen LogP contribution is -2.20. The second-order valence-electron chi connectivity index (χ2n) is 5.13. The molecule has 0 saturated heterocycles. The fourth-order valence-corrected chi connectivity index (χ4v) is 3.16. The Hall–Kier alpha value is -0.210. The quantitative estimate of drug-likeness (QED) is 0.793. The van der Waals surface area contributed by atoms with Gasteiger partial charge in [0.1, 0.15) is 0 Å². The van der Waals surface area contributed by atoms with Crippen LogP contribution in [0.15, 0.2) is 22.7 Å². The summed E-state index contributed by atoms with van der Waals surface area (Å²) >= 11 is 9.60. The van der Waals surface area contributed by atoms with Gasteiger partial charge in [-0.2, -0.15) is 0 Å². The molecule has 0 atom stereocenters. The highest BCUT2D eigenvalue weighted by molar-refractivity contribution is 9.10. The lowest BCUT2D eigenvalue weighted by molar-refractivity contribution is 0.300. The highest BCUT2D eigenvalue weighted by Crippen LogP contribution is 2.30. The van der Waals surface area contributed by atoms with Crippen molar-refractivity contribution in [3.63, 3.8) is 0 Å². The molecular formula is C14H19BrClN. The van der Waals surface area contributed by atoms with Gasteiger partial charge in [0.2, 0.25) is 0 Å². The fourth-order valence-electron chi connectivity index (χ4n) is 2.42. The van der Waals surface area contributed by atoms with E-state index < -0.39 is 0 Å². The van der Waals surface area contributed by atoms with Crippen LogP contribution in [0.3, 0.4) is 0 Å². The normalized spacial score (nSPS) is 24.6. The zero-order chi connectivity index (χ0) is 12.3. The van der Waals surface area contributed by atoms with Crippen molar-refractivity contribution in [1.29, 1.82) is 0 Å². The van der Waals surface area contributed by atoms with Gasteiger partial charge in [0.15, 0.2) is 0 Å². The van der Waals surface area contributed by atoms with Gasteiger partial charge in [0.05, 0.1) is 10.7 Å². The van der Waals surface area contributed by atoms with Crippen molar-refractivity contribution in [2.75, 3.05) is 11.9 Å². The van der Waals surface area contributed by atoms with E-state index in [4.69, 9.17) is 11.6 Å². The minimum atomic E-state index is 0.795. The Balaban J connectivity index is 1.85. The van der Waals surface area contributed by atoms with E-state index in [9.17, 15) is 0 Å². The van der Waals surface area contributed by atoms with E-state index in [1.165, 1.54) is 25.7 Å². The summed E-state index contributed by atoms with van der Waals surface area (Å²) in [7, 11) is 0. The SMILES string of the molecule is CC1CCC(CNc2ccc(Br)cc2Cl)CC1. The third kappa shape index (κ3) is 3.89. The first-order valence-corrected chi connectivity index (χ1v) is 7.51. The van der Waals surface area contributed by atoms with Gasteiger partial charge in [0.25, 0.3) is 0 Å². The fraction of sp³-hybridized carbons (Fsp3) is 0.571. The Kier molecular flexibility index (Phi) is 4.75. The van der Waals surface area contributed by atoms with Gasteiger partial charge in [-0.05, 0) is 42.9 Å². The highest BCUT2D eigenvalue weighted by Gasteiger charge is 2.17. The Morgan fingerprint density at radius 3 is 2.65 bits per heavy atom. The molecule has 0 amide bonds. The summed E-state index contributed by atoms with van der Waals surface area (Å²) < 4.78 is 1.03. The highest BCUT2D eigenvalue weighted by atomic mass is 79.9. The lowest BCUT2D eigenvalue weighted by Gasteiger charge is -2.26. The Labute approximate surface area is 117 Å². The van der Waals surface area contributed by atoms with Crippen LogP contribution in [0.1, 0.15) is 32.6 Å². The molecule has 0 bridgehead atoms. The molecule has 0 aliphatic heterocycles. The number of rotatable bonds is 3. The molecule has 1 saturated carbocycles. The second-order valence-corrected chi connectivity index (χ2v) is 6.45. The van der Waals surface area contributed by atoms with Crippen LogP contribution in [-0.2, 0) is 0 Å². The van der Waals surface area contributed by atoms with E-state index in [1.54, 1.807) is 0 Å². The van der Waals surface area contributed by atoms with Crippen molar-refractivity contribution in [2.45, 2.75) is 32.6 Å². The van der Waals surface area contributed by atoms with Gasteiger partial charge in [-0.1, -0.05) is 47.3 Å². The molecule has 3 heteroatoms. The maximum atomic E-state index is 6.18. The van der Waals surface area contributed by atoms with Crippen LogP contribution in [-0.4, -0.2) is 6.54 Å². The van der Waals surface area contributed by atoms with E-state index in [2.05, 4.69) is 28.2 Å². The van der Waals surface area contributed by atoms with Crippen LogP contribution < -0.4 is 5.32 Å². The van der Waals surface area contributed by atoms with Gasteiger partial charge in [-0.3, -0.25) is 0 Å². The molecule has 0 aromatic heterocycles. The molecule has 1 aliphatic carbocycles. The average Bonchev–Trinajstić information content (AvgIpc) is 2.30. The van der Waals surface area contributed by atoms with Crippen molar-refractivity contribution in [1.82, 2.24) is 0 Å². The molecule has 1 nitrogen and oxygen atoms in total. The summed E-state index contributed by atoms with van der Waals surface area (Å²) in [5.41, 5.74) is 1.05. The van der Waals surface area contributed by atoms with Gasteiger partial charge in [-0.15, -0.1) is 0 Å². The first-order valence-electron chi connectivity index (χ1n) is 6.34. The molecule has 0 radical (unpaired) electrons. The lowest BCUT2D eigenvalue weighted by atomic mass is 9.83. The Bertz CT molecular complexity index is 372. The van der Waals surface area contributed by atoms with Crippen molar-refractivity contribution < 1.29 is 0 Å². The molecule has 1 aromatic rings. The maximum Gasteiger partial charge on any atom is 0.0648 e. The van der Waals surface area contributed by atoms with Crippen LogP contribution in [0.25, 0.3) is 0 Å². The number of benzene rings is 1. The zero-order valence-corrected chi connectivity index (χ0v) is 12.5. The maximum absolute atomic E-state index is 6.18.